The lowest BCUT2D eigenvalue weighted by Crippen LogP contribution is -2.59. The fourth-order valence-electron chi connectivity index (χ4n) is 3.91. The van der Waals surface area contributed by atoms with Crippen molar-refractivity contribution in [3.8, 4) is 5.75 Å². The predicted octanol–water partition coefficient (Wildman–Crippen LogP) is -0.135. The Labute approximate surface area is 200 Å². The summed E-state index contributed by atoms with van der Waals surface area (Å²) in [6, 6.07) is 6.13. The average molecular weight is 492 g/mol. The molecule has 11 nitrogen and oxygen atoms in total. The van der Waals surface area contributed by atoms with E-state index in [0.29, 0.717) is 11.1 Å². The Morgan fingerprint density at radius 1 is 1.11 bits per heavy atom. The number of ether oxygens (including phenoxy) is 3. The van der Waals surface area contributed by atoms with Gasteiger partial charge in [-0.3, -0.25) is 0 Å². The van der Waals surface area contributed by atoms with Crippen LogP contribution in [0.1, 0.15) is 18.9 Å². The second-order valence-electron chi connectivity index (χ2n) is 8.21. The van der Waals surface area contributed by atoms with Gasteiger partial charge in [0.1, 0.15) is 36.3 Å². The first kappa shape index (κ1) is 26.5. The molecule has 11 heteroatoms. The first-order valence-electron chi connectivity index (χ1n) is 10.9. The van der Waals surface area contributed by atoms with E-state index in [1.807, 2.05) is 0 Å². The molecule has 6 atom stereocenters. The summed E-state index contributed by atoms with van der Waals surface area (Å²) in [6.07, 6.45) is -3.99. The van der Waals surface area contributed by atoms with Crippen molar-refractivity contribution in [2.45, 2.75) is 50.2 Å². The van der Waals surface area contributed by atoms with Gasteiger partial charge in [-0.1, -0.05) is 23.8 Å². The molecule has 0 bridgehead atoms. The third-order valence-corrected chi connectivity index (χ3v) is 5.74. The van der Waals surface area contributed by atoms with Crippen molar-refractivity contribution in [1.29, 1.82) is 0 Å². The number of carbonyl (C=O) groups is 2. The monoisotopic (exact) mass is 492 g/mol. The minimum atomic E-state index is -1.61. The topological polar surface area (TPSA) is 183 Å². The Kier molecular flexibility index (Phi) is 8.78. The molecule has 1 heterocycles. The number of aromatic hydroxyl groups is 1. The molecule has 35 heavy (non-hydrogen) atoms. The molecule has 1 fully saturated rings. The highest BCUT2D eigenvalue weighted by Crippen LogP contribution is 2.34. The quantitative estimate of drug-likeness (QED) is 0.210. The van der Waals surface area contributed by atoms with E-state index in [0.717, 1.165) is 0 Å². The summed E-state index contributed by atoms with van der Waals surface area (Å²) in [5, 5.41) is 58.0. The van der Waals surface area contributed by atoms with Crippen LogP contribution >= 0.6 is 0 Å². The second-order valence-corrected chi connectivity index (χ2v) is 8.21. The number of phenols is 1. The van der Waals surface area contributed by atoms with Crippen molar-refractivity contribution < 1.29 is 54.4 Å². The van der Waals surface area contributed by atoms with Crippen LogP contribution in [0, 0.1) is 0 Å². The van der Waals surface area contributed by atoms with Gasteiger partial charge in [0.15, 0.2) is 6.29 Å². The maximum Gasteiger partial charge on any atom is 0.336 e. The third kappa shape index (κ3) is 6.34. The molecule has 0 aromatic heterocycles. The molecule has 1 aliphatic carbocycles. The molecule has 190 valence electrons. The molecule has 1 aromatic rings. The third-order valence-electron chi connectivity index (χ3n) is 5.74. The Bertz CT molecular complexity index is 1010. The van der Waals surface area contributed by atoms with E-state index >= 15 is 0 Å². The maximum atomic E-state index is 12.4. The van der Waals surface area contributed by atoms with Crippen molar-refractivity contribution in [3.05, 3.63) is 58.7 Å². The average Bonchev–Trinajstić information content (AvgIpc) is 3.13. The zero-order valence-electron chi connectivity index (χ0n) is 18.9. The van der Waals surface area contributed by atoms with Gasteiger partial charge in [0.05, 0.1) is 18.8 Å². The van der Waals surface area contributed by atoms with Gasteiger partial charge in [-0.05, 0) is 30.7 Å². The molecule has 0 saturated carbocycles. The number of hydrogen-bond acceptors (Lipinski definition) is 10. The fourth-order valence-corrected chi connectivity index (χ4v) is 3.91. The van der Waals surface area contributed by atoms with E-state index in [4.69, 9.17) is 14.2 Å². The van der Waals surface area contributed by atoms with Crippen LogP contribution in [0.3, 0.4) is 0 Å². The van der Waals surface area contributed by atoms with Crippen LogP contribution in [0.4, 0.5) is 0 Å². The standard InChI is InChI=1S/C24H28O11/c1-12-10-16(34-18(27)7-4-13-2-5-14(26)6-3-13)15(19(12)23(31)32)8-9-33-24-22(30)21(29)20(28)17(11-25)35-24/h2-8,16-17,20-22,24-26,28-30H,9-11H2,1H3,(H,31,32)/b7-4-,15-8+/t16-,17+,20-,21+,22+,24+/m0/s1. The summed E-state index contributed by atoms with van der Waals surface area (Å²) in [4.78, 5) is 24.2. The van der Waals surface area contributed by atoms with Crippen molar-refractivity contribution in [1.82, 2.24) is 0 Å². The lowest BCUT2D eigenvalue weighted by Gasteiger charge is -2.39. The van der Waals surface area contributed by atoms with E-state index < -0.39 is 55.4 Å². The minimum absolute atomic E-state index is 0.0253. The van der Waals surface area contributed by atoms with Crippen LogP contribution in [0.25, 0.3) is 6.08 Å². The van der Waals surface area contributed by atoms with Crippen molar-refractivity contribution in [2.24, 2.45) is 0 Å². The lowest BCUT2D eigenvalue weighted by molar-refractivity contribution is -0.298. The molecule has 1 aromatic carbocycles. The summed E-state index contributed by atoms with van der Waals surface area (Å²) in [5.74, 6) is -1.83. The molecular formula is C24H28O11. The lowest BCUT2D eigenvalue weighted by atomic mass is 9.99. The van der Waals surface area contributed by atoms with Crippen molar-refractivity contribution >= 4 is 18.0 Å². The highest BCUT2D eigenvalue weighted by Gasteiger charge is 2.44. The number of carboxylic acid groups (broad SMARTS) is 1. The van der Waals surface area contributed by atoms with Gasteiger partial charge in [-0.25, -0.2) is 9.59 Å². The van der Waals surface area contributed by atoms with Crippen LogP contribution in [0.15, 0.2) is 53.1 Å². The molecule has 0 spiro atoms. The van der Waals surface area contributed by atoms with Crippen LogP contribution in [0.2, 0.25) is 0 Å². The highest BCUT2D eigenvalue weighted by atomic mass is 16.7. The van der Waals surface area contributed by atoms with Gasteiger partial charge in [0.25, 0.3) is 0 Å². The summed E-state index contributed by atoms with van der Waals surface area (Å²) in [7, 11) is 0. The van der Waals surface area contributed by atoms with Crippen molar-refractivity contribution in [2.75, 3.05) is 13.2 Å². The van der Waals surface area contributed by atoms with Gasteiger partial charge in [0, 0.05) is 18.1 Å². The number of aliphatic carboxylic acids is 1. The highest BCUT2D eigenvalue weighted by molar-refractivity contribution is 5.95. The summed E-state index contributed by atoms with van der Waals surface area (Å²) >= 11 is 0. The van der Waals surface area contributed by atoms with Crippen LogP contribution in [-0.2, 0) is 23.8 Å². The maximum absolute atomic E-state index is 12.4. The summed E-state index contributed by atoms with van der Waals surface area (Å²) < 4.78 is 16.1. The zero-order chi connectivity index (χ0) is 25.7. The number of carbonyl (C=O) groups excluding carboxylic acids is 1. The fraction of sp³-hybridized carbons (Fsp3) is 0.417. The van der Waals surface area contributed by atoms with Gasteiger partial charge < -0.3 is 44.8 Å². The van der Waals surface area contributed by atoms with Gasteiger partial charge in [-0.2, -0.15) is 0 Å². The first-order chi connectivity index (χ1) is 16.6. The number of esters is 1. The Balaban J connectivity index is 1.69. The molecule has 6 N–H and O–H groups in total. The summed E-state index contributed by atoms with van der Waals surface area (Å²) in [6.45, 7) is 0.710. The van der Waals surface area contributed by atoms with Gasteiger partial charge >= 0.3 is 11.9 Å². The molecule has 0 unspecified atom stereocenters. The summed E-state index contributed by atoms with van der Waals surface area (Å²) in [5.41, 5.74) is 1.32. The number of carboxylic acids is 1. The molecule has 3 rings (SSSR count). The second kappa shape index (κ2) is 11.6. The Morgan fingerprint density at radius 2 is 1.80 bits per heavy atom. The van der Waals surface area contributed by atoms with Gasteiger partial charge in [-0.15, -0.1) is 0 Å². The first-order valence-corrected chi connectivity index (χ1v) is 10.9. The van der Waals surface area contributed by atoms with E-state index in [2.05, 4.69) is 0 Å². The van der Waals surface area contributed by atoms with E-state index in [-0.39, 0.29) is 29.9 Å². The van der Waals surface area contributed by atoms with Crippen LogP contribution in [0.5, 0.6) is 5.75 Å². The minimum Gasteiger partial charge on any atom is -0.508 e. The largest absolute Gasteiger partial charge is 0.508 e. The molecule has 1 saturated heterocycles. The van der Waals surface area contributed by atoms with Gasteiger partial charge in [0.2, 0.25) is 0 Å². The smallest absolute Gasteiger partial charge is 0.336 e. The normalized spacial score (nSPS) is 30.3. The molecule has 0 radical (unpaired) electrons. The number of aliphatic hydroxyl groups excluding tert-OH is 4. The SMILES string of the molecule is CC1=C(C(=O)O)/C(=C/CO[C@@H]2O[C@H](CO)[C@H](O)[C@@H](O)[C@H]2O)[C@@H](OC(=O)/C=C\c2ccc(O)cc2)C1. The Hall–Kier alpha value is -3.06. The Morgan fingerprint density at radius 3 is 2.43 bits per heavy atom. The molecule has 0 amide bonds. The van der Waals surface area contributed by atoms with E-state index in [1.54, 1.807) is 19.1 Å². The van der Waals surface area contributed by atoms with E-state index in [1.165, 1.54) is 30.4 Å². The molecule has 2 aliphatic rings. The van der Waals surface area contributed by atoms with Crippen LogP contribution < -0.4 is 0 Å². The number of benzene rings is 1. The zero-order valence-corrected chi connectivity index (χ0v) is 18.9. The van der Waals surface area contributed by atoms with Crippen LogP contribution in [-0.4, -0.2) is 92.6 Å². The number of phenolic OH excluding ortho intramolecular Hbond substituents is 1. The molecule has 1 aliphatic heterocycles. The van der Waals surface area contributed by atoms with E-state index in [9.17, 15) is 40.2 Å². The van der Waals surface area contributed by atoms with Crippen molar-refractivity contribution in [3.63, 3.8) is 0 Å². The predicted molar refractivity (Wildman–Crippen MR) is 120 cm³/mol. The number of hydrogen-bond donors (Lipinski definition) is 6. The molecular weight excluding hydrogens is 464 g/mol. The number of aliphatic hydroxyl groups is 4. The number of rotatable bonds is 8.